The van der Waals surface area contributed by atoms with E-state index in [1.165, 1.54) is 11.0 Å². The van der Waals surface area contributed by atoms with E-state index in [-0.39, 0.29) is 17.7 Å². The van der Waals surface area contributed by atoms with Crippen molar-refractivity contribution in [1.29, 1.82) is 10.5 Å². The minimum atomic E-state index is -0.465. The molecule has 1 amide bonds. The summed E-state index contributed by atoms with van der Waals surface area (Å²) in [6.07, 6.45) is 0. The fourth-order valence-corrected chi connectivity index (χ4v) is 2.61. The van der Waals surface area contributed by atoms with Crippen LogP contribution in [0.15, 0.2) is 54.1 Å². The predicted molar refractivity (Wildman–Crippen MR) is 82.2 cm³/mol. The summed E-state index contributed by atoms with van der Waals surface area (Å²) in [7, 11) is 0. The maximum Gasteiger partial charge on any atom is 0.261 e. The van der Waals surface area contributed by atoms with E-state index >= 15 is 0 Å². The van der Waals surface area contributed by atoms with Crippen molar-refractivity contribution >= 4 is 17.2 Å². The summed E-state index contributed by atoms with van der Waals surface area (Å²) in [6, 6.07) is 16.6. The summed E-state index contributed by atoms with van der Waals surface area (Å²) >= 11 is 0. The van der Waals surface area contributed by atoms with Crippen LogP contribution in [0.3, 0.4) is 0 Å². The number of hydrogen-bond donors (Lipinski definition) is 0. The van der Waals surface area contributed by atoms with Crippen molar-refractivity contribution in [2.75, 3.05) is 4.90 Å². The molecule has 0 aromatic heterocycles. The maximum absolute atomic E-state index is 13.9. The van der Waals surface area contributed by atoms with E-state index in [0.717, 1.165) is 0 Å². The number of nitrogens with zero attached hydrogens (tertiary/aromatic N) is 3. The molecule has 3 rings (SSSR count). The molecule has 1 aliphatic heterocycles. The molecule has 4 nitrogen and oxygen atoms in total. The average Bonchev–Trinajstić information content (AvgIpc) is 2.84. The van der Waals surface area contributed by atoms with E-state index in [4.69, 9.17) is 10.5 Å². The normalized spacial score (nSPS) is 12.6. The fourth-order valence-electron chi connectivity index (χ4n) is 2.61. The molecular formula is C18H10FN3O. The number of allylic oxidation sites excluding steroid dienone is 1. The fraction of sp³-hybridized carbons (Fsp3) is 0.0556. The van der Waals surface area contributed by atoms with Crippen molar-refractivity contribution in [3.05, 3.63) is 71.0 Å². The Morgan fingerprint density at radius 1 is 1.04 bits per heavy atom. The zero-order chi connectivity index (χ0) is 16.4. The van der Waals surface area contributed by atoms with E-state index in [1.54, 1.807) is 54.6 Å². The van der Waals surface area contributed by atoms with E-state index in [1.807, 2.05) is 0 Å². The van der Waals surface area contributed by atoms with Crippen LogP contribution in [-0.2, 0) is 11.3 Å². The van der Waals surface area contributed by atoms with Crippen molar-refractivity contribution in [1.82, 2.24) is 0 Å². The van der Waals surface area contributed by atoms with Crippen LogP contribution in [-0.4, -0.2) is 5.91 Å². The second kappa shape index (κ2) is 5.75. The third-order valence-electron chi connectivity index (χ3n) is 3.68. The Bertz CT molecular complexity index is 902. The number of hydrogen-bond acceptors (Lipinski definition) is 3. The lowest BCUT2D eigenvalue weighted by Crippen LogP contribution is -2.26. The SMILES string of the molecule is N#CC(C#N)=C1C(=O)N(Cc2ccccc2F)c2ccccc21. The highest BCUT2D eigenvalue weighted by Crippen LogP contribution is 2.39. The number of fused-ring (bicyclic) bond motifs is 1. The first kappa shape index (κ1) is 14.5. The van der Waals surface area contributed by atoms with Gasteiger partial charge in [-0.15, -0.1) is 0 Å². The molecule has 0 spiro atoms. The van der Waals surface area contributed by atoms with E-state index in [9.17, 15) is 9.18 Å². The van der Waals surface area contributed by atoms with Gasteiger partial charge in [0.05, 0.1) is 17.8 Å². The predicted octanol–water partition coefficient (Wildman–Crippen LogP) is 3.17. The van der Waals surface area contributed by atoms with Gasteiger partial charge < -0.3 is 4.90 Å². The molecule has 0 N–H and O–H groups in total. The van der Waals surface area contributed by atoms with Gasteiger partial charge in [0.25, 0.3) is 5.91 Å². The van der Waals surface area contributed by atoms with E-state index in [0.29, 0.717) is 16.8 Å². The summed E-state index contributed by atoms with van der Waals surface area (Å²) in [5, 5.41) is 18.2. The number of halogens is 1. The molecule has 2 aromatic carbocycles. The van der Waals surface area contributed by atoms with Crippen LogP contribution in [0.5, 0.6) is 0 Å². The number of benzene rings is 2. The number of nitriles is 2. The van der Waals surface area contributed by atoms with Crippen molar-refractivity contribution < 1.29 is 9.18 Å². The lowest BCUT2D eigenvalue weighted by molar-refractivity contribution is -0.113. The van der Waals surface area contributed by atoms with Gasteiger partial charge in [-0.25, -0.2) is 4.39 Å². The Balaban J connectivity index is 2.13. The summed E-state index contributed by atoms with van der Waals surface area (Å²) in [5.74, 6) is -0.872. The van der Waals surface area contributed by atoms with Crippen molar-refractivity contribution in [3.63, 3.8) is 0 Å². The number of para-hydroxylation sites is 1. The highest BCUT2D eigenvalue weighted by Gasteiger charge is 2.35. The summed E-state index contributed by atoms with van der Waals surface area (Å²) in [6.45, 7) is 0.0379. The highest BCUT2D eigenvalue weighted by atomic mass is 19.1. The Morgan fingerprint density at radius 3 is 2.39 bits per heavy atom. The van der Waals surface area contributed by atoms with Crippen LogP contribution in [0.4, 0.5) is 10.1 Å². The van der Waals surface area contributed by atoms with Crippen molar-refractivity contribution in [2.24, 2.45) is 0 Å². The Morgan fingerprint density at radius 2 is 1.70 bits per heavy atom. The third-order valence-corrected chi connectivity index (χ3v) is 3.68. The van der Waals surface area contributed by atoms with Crippen molar-refractivity contribution in [2.45, 2.75) is 6.54 Å². The van der Waals surface area contributed by atoms with Crippen LogP contribution < -0.4 is 4.90 Å². The van der Waals surface area contributed by atoms with Crippen molar-refractivity contribution in [3.8, 4) is 12.1 Å². The number of anilines is 1. The Labute approximate surface area is 132 Å². The van der Waals surface area contributed by atoms with Gasteiger partial charge in [0.15, 0.2) is 0 Å². The maximum atomic E-state index is 13.9. The van der Waals surface area contributed by atoms with Gasteiger partial charge in [0.2, 0.25) is 0 Å². The van der Waals surface area contributed by atoms with Crippen LogP contribution in [0.1, 0.15) is 11.1 Å². The molecule has 2 aromatic rings. The molecule has 0 saturated heterocycles. The van der Waals surface area contributed by atoms with E-state index < -0.39 is 11.7 Å². The molecule has 110 valence electrons. The first-order valence-corrected chi connectivity index (χ1v) is 6.86. The summed E-state index contributed by atoms with van der Waals surface area (Å²) in [5.41, 5.74) is 1.29. The monoisotopic (exact) mass is 303 g/mol. The molecule has 5 heteroatoms. The Kier molecular flexibility index (Phi) is 3.62. The highest BCUT2D eigenvalue weighted by molar-refractivity contribution is 6.34. The van der Waals surface area contributed by atoms with Crippen LogP contribution >= 0.6 is 0 Å². The summed E-state index contributed by atoms with van der Waals surface area (Å²) < 4.78 is 13.9. The zero-order valence-corrected chi connectivity index (χ0v) is 12.0. The lowest BCUT2D eigenvalue weighted by Gasteiger charge is -2.17. The molecule has 23 heavy (non-hydrogen) atoms. The molecule has 1 aliphatic rings. The standard InChI is InChI=1S/C18H10FN3O/c19-15-7-3-1-5-12(15)11-22-16-8-4-2-6-14(16)17(18(22)23)13(9-20)10-21/h1-8H,11H2. The first-order chi connectivity index (χ1) is 11.2. The van der Waals surface area contributed by atoms with Gasteiger partial charge in [0.1, 0.15) is 23.5 Å². The molecule has 0 bridgehead atoms. The lowest BCUT2D eigenvalue weighted by atomic mass is 10.0. The average molecular weight is 303 g/mol. The topological polar surface area (TPSA) is 67.9 Å². The van der Waals surface area contributed by atoms with Gasteiger partial charge in [0, 0.05) is 11.1 Å². The number of carbonyl (C=O) groups is 1. The second-order valence-electron chi connectivity index (χ2n) is 4.97. The van der Waals surface area contributed by atoms with Crippen LogP contribution in [0, 0.1) is 28.5 Å². The van der Waals surface area contributed by atoms with Gasteiger partial charge in [-0.1, -0.05) is 36.4 Å². The van der Waals surface area contributed by atoms with Gasteiger partial charge in [-0.05, 0) is 12.1 Å². The molecule has 0 fully saturated rings. The largest absolute Gasteiger partial charge is 0.303 e. The molecule has 0 radical (unpaired) electrons. The van der Waals surface area contributed by atoms with Gasteiger partial charge in [-0.3, -0.25) is 4.79 Å². The quantitative estimate of drug-likeness (QED) is 0.632. The smallest absolute Gasteiger partial charge is 0.261 e. The molecular weight excluding hydrogens is 293 g/mol. The molecule has 0 unspecified atom stereocenters. The van der Waals surface area contributed by atoms with Crippen LogP contribution in [0.25, 0.3) is 5.57 Å². The number of rotatable bonds is 2. The van der Waals surface area contributed by atoms with Gasteiger partial charge in [-0.2, -0.15) is 10.5 Å². The van der Waals surface area contributed by atoms with Crippen LogP contribution in [0.2, 0.25) is 0 Å². The number of carbonyl (C=O) groups excluding carboxylic acids is 1. The third kappa shape index (κ3) is 2.35. The van der Waals surface area contributed by atoms with Gasteiger partial charge >= 0.3 is 0 Å². The first-order valence-electron chi connectivity index (χ1n) is 6.86. The minimum absolute atomic E-state index is 0.0379. The summed E-state index contributed by atoms with van der Waals surface area (Å²) in [4.78, 5) is 14.1. The Hall–Kier alpha value is -3.44. The second-order valence-corrected chi connectivity index (χ2v) is 4.97. The zero-order valence-electron chi connectivity index (χ0n) is 12.0. The molecule has 0 aliphatic carbocycles. The molecule has 0 saturated carbocycles. The molecule has 1 heterocycles. The minimum Gasteiger partial charge on any atom is -0.303 e. The van der Waals surface area contributed by atoms with E-state index in [2.05, 4.69) is 0 Å². The number of amides is 1. The molecule has 0 atom stereocenters.